The van der Waals surface area contributed by atoms with Gasteiger partial charge in [0.15, 0.2) is 0 Å². The van der Waals surface area contributed by atoms with Gasteiger partial charge in [-0.2, -0.15) is 0 Å². The highest BCUT2D eigenvalue weighted by molar-refractivity contribution is 7.12. The van der Waals surface area contributed by atoms with Crippen LogP contribution in [0.15, 0.2) is 52.6 Å². The smallest absolute Gasteiger partial charge is 0.264 e. The van der Waals surface area contributed by atoms with Crippen LogP contribution < -0.4 is 5.56 Å². The minimum absolute atomic E-state index is 0.0191. The molecule has 0 saturated carbocycles. The molecule has 0 atom stereocenters. The predicted molar refractivity (Wildman–Crippen MR) is 93.9 cm³/mol. The molecule has 0 unspecified atom stereocenters. The van der Waals surface area contributed by atoms with Crippen LogP contribution in [0, 0.1) is 0 Å². The second-order valence-electron chi connectivity index (χ2n) is 5.41. The number of fused-ring (bicyclic) bond motifs is 1. The van der Waals surface area contributed by atoms with Crippen molar-refractivity contribution < 1.29 is 4.79 Å². The summed E-state index contributed by atoms with van der Waals surface area (Å²) >= 11 is 1.43. The summed E-state index contributed by atoms with van der Waals surface area (Å²) in [5, 5.41) is 2.86. The Hall–Kier alpha value is -2.40. The number of carbonyl (C=O) groups is 1. The van der Waals surface area contributed by atoms with E-state index in [4.69, 9.17) is 0 Å². The van der Waals surface area contributed by atoms with Crippen molar-refractivity contribution in [2.24, 2.45) is 0 Å². The molecule has 118 valence electrons. The van der Waals surface area contributed by atoms with Crippen molar-refractivity contribution in [1.29, 1.82) is 0 Å². The second-order valence-corrected chi connectivity index (χ2v) is 6.36. The van der Waals surface area contributed by atoms with E-state index in [2.05, 4.69) is 4.98 Å². The predicted octanol–water partition coefficient (Wildman–Crippen LogP) is 3.64. The summed E-state index contributed by atoms with van der Waals surface area (Å²) in [4.78, 5) is 30.2. The highest BCUT2D eigenvalue weighted by atomic mass is 32.1. The number of aromatic nitrogens is 1. The number of nitrogens with one attached hydrogen (secondary N) is 1. The van der Waals surface area contributed by atoms with E-state index in [9.17, 15) is 9.59 Å². The quantitative estimate of drug-likeness (QED) is 0.778. The molecule has 1 aromatic carbocycles. The first kappa shape index (κ1) is 15.5. The fourth-order valence-corrected chi connectivity index (χ4v) is 3.28. The molecule has 23 heavy (non-hydrogen) atoms. The van der Waals surface area contributed by atoms with Crippen molar-refractivity contribution in [1.82, 2.24) is 9.88 Å². The maximum absolute atomic E-state index is 12.6. The molecule has 4 nitrogen and oxygen atoms in total. The Kier molecular flexibility index (Phi) is 4.57. The van der Waals surface area contributed by atoms with Crippen molar-refractivity contribution in [2.75, 3.05) is 6.54 Å². The van der Waals surface area contributed by atoms with Gasteiger partial charge in [0.2, 0.25) is 0 Å². The molecule has 3 rings (SSSR count). The monoisotopic (exact) mass is 326 g/mol. The van der Waals surface area contributed by atoms with Crippen LogP contribution in [-0.2, 0) is 6.54 Å². The SMILES string of the molecule is CCCN(Cc1cc2ccccc2[nH]c1=O)C(=O)c1cccs1. The lowest BCUT2D eigenvalue weighted by Crippen LogP contribution is -2.33. The number of thiophene rings is 1. The number of nitrogens with zero attached hydrogens (tertiary/aromatic N) is 1. The average Bonchev–Trinajstić information content (AvgIpc) is 3.09. The average molecular weight is 326 g/mol. The molecule has 0 radical (unpaired) electrons. The number of para-hydroxylation sites is 1. The summed E-state index contributed by atoms with van der Waals surface area (Å²) in [5.74, 6) is -0.0191. The Bertz CT molecular complexity index is 868. The van der Waals surface area contributed by atoms with Gasteiger partial charge >= 0.3 is 0 Å². The van der Waals surface area contributed by atoms with Crippen molar-refractivity contribution in [3.8, 4) is 0 Å². The molecule has 1 N–H and O–H groups in total. The van der Waals surface area contributed by atoms with Crippen LogP contribution in [0.3, 0.4) is 0 Å². The molecule has 0 bridgehead atoms. The molecule has 0 fully saturated rings. The van der Waals surface area contributed by atoms with Gasteiger partial charge in [0.1, 0.15) is 0 Å². The number of rotatable bonds is 5. The van der Waals surface area contributed by atoms with E-state index < -0.39 is 0 Å². The first-order valence-corrected chi connectivity index (χ1v) is 8.50. The van der Waals surface area contributed by atoms with E-state index in [1.54, 1.807) is 4.90 Å². The molecule has 5 heteroatoms. The maximum Gasteiger partial charge on any atom is 0.264 e. The lowest BCUT2D eigenvalue weighted by Gasteiger charge is -2.21. The molecule has 3 aromatic rings. The van der Waals surface area contributed by atoms with Crippen LogP contribution in [0.2, 0.25) is 0 Å². The van der Waals surface area contributed by atoms with Crippen LogP contribution in [0.4, 0.5) is 0 Å². The van der Waals surface area contributed by atoms with Crippen molar-refractivity contribution in [2.45, 2.75) is 19.9 Å². The van der Waals surface area contributed by atoms with Gasteiger partial charge in [-0.25, -0.2) is 0 Å². The largest absolute Gasteiger partial charge is 0.333 e. The first-order valence-electron chi connectivity index (χ1n) is 7.62. The third kappa shape index (κ3) is 3.35. The molecule has 0 aliphatic rings. The maximum atomic E-state index is 12.6. The summed E-state index contributed by atoms with van der Waals surface area (Å²) in [5.41, 5.74) is 1.29. The number of pyridine rings is 1. The molecule has 0 spiro atoms. The van der Waals surface area contributed by atoms with Crippen LogP contribution in [-0.4, -0.2) is 22.3 Å². The van der Waals surface area contributed by atoms with Crippen LogP contribution in [0.1, 0.15) is 28.6 Å². The van der Waals surface area contributed by atoms with Gasteiger partial charge in [-0.1, -0.05) is 31.2 Å². The highest BCUT2D eigenvalue weighted by Crippen LogP contribution is 2.16. The number of H-pyrrole nitrogens is 1. The van der Waals surface area contributed by atoms with Gasteiger partial charge in [0.25, 0.3) is 11.5 Å². The fraction of sp³-hybridized carbons (Fsp3) is 0.222. The zero-order valence-electron chi connectivity index (χ0n) is 12.9. The summed E-state index contributed by atoms with van der Waals surface area (Å²) < 4.78 is 0. The zero-order chi connectivity index (χ0) is 16.2. The topological polar surface area (TPSA) is 53.2 Å². The van der Waals surface area contributed by atoms with E-state index >= 15 is 0 Å². The van der Waals surface area contributed by atoms with E-state index in [0.29, 0.717) is 23.5 Å². The fourth-order valence-electron chi connectivity index (χ4n) is 2.59. The van der Waals surface area contributed by atoms with Crippen molar-refractivity contribution in [3.63, 3.8) is 0 Å². The molecule has 0 aliphatic heterocycles. The number of benzene rings is 1. The molecule has 0 saturated heterocycles. The third-order valence-electron chi connectivity index (χ3n) is 3.70. The summed E-state index contributed by atoms with van der Waals surface area (Å²) in [7, 11) is 0. The van der Waals surface area contributed by atoms with Gasteiger partial charge in [0, 0.05) is 17.6 Å². The van der Waals surface area contributed by atoms with Crippen LogP contribution >= 0.6 is 11.3 Å². The number of aromatic amines is 1. The standard InChI is InChI=1S/C18H18N2O2S/c1-2-9-20(18(22)16-8-5-10-23-16)12-14-11-13-6-3-4-7-15(13)19-17(14)21/h3-8,10-11H,2,9,12H2,1H3,(H,19,21). The van der Waals surface area contributed by atoms with E-state index in [1.165, 1.54) is 11.3 Å². The van der Waals surface area contributed by atoms with E-state index in [1.807, 2.05) is 54.8 Å². The Balaban J connectivity index is 1.92. The van der Waals surface area contributed by atoms with E-state index in [0.717, 1.165) is 17.3 Å². The normalized spacial score (nSPS) is 10.8. The Morgan fingerprint density at radius 2 is 2.04 bits per heavy atom. The minimum Gasteiger partial charge on any atom is -0.333 e. The molecule has 1 amide bonds. The van der Waals surface area contributed by atoms with Gasteiger partial charge in [-0.15, -0.1) is 11.3 Å². The third-order valence-corrected chi connectivity index (χ3v) is 4.56. The van der Waals surface area contributed by atoms with E-state index in [-0.39, 0.29) is 11.5 Å². The summed E-state index contributed by atoms with van der Waals surface area (Å²) in [6, 6.07) is 13.2. The Morgan fingerprint density at radius 3 is 2.78 bits per heavy atom. The van der Waals surface area contributed by atoms with Gasteiger partial charge in [0.05, 0.1) is 11.4 Å². The Morgan fingerprint density at radius 1 is 1.22 bits per heavy atom. The minimum atomic E-state index is -0.135. The van der Waals surface area contributed by atoms with Crippen LogP contribution in [0.25, 0.3) is 10.9 Å². The molecule has 2 aromatic heterocycles. The van der Waals surface area contributed by atoms with Crippen molar-refractivity contribution in [3.05, 3.63) is 68.6 Å². The number of amides is 1. The lowest BCUT2D eigenvalue weighted by molar-refractivity contribution is 0.0747. The van der Waals surface area contributed by atoms with Crippen LogP contribution in [0.5, 0.6) is 0 Å². The second kappa shape index (κ2) is 6.79. The van der Waals surface area contributed by atoms with Crippen molar-refractivity contribution >= 4 is 28.1 Å². The first-order chi connectivity index (χ1) is 11.2. The lowest BCUT2D eigenvalue weighted by atomic mass is 10.1. The molecular weight excluding hydrogens is 308 g/mol. The summed E-state index contributed by atoms with van der Waals surface area (Å²) in [6.45, 7) is 2.98. The van der Waals surface area contributed by atoms with Gasteiger partial charge < -0.3 is 9.88 Å². The molecular formula is C18H18N2O2S. The van der Waals surface area contributed by atoms with Gasteiger partial charge in [-0.05, 0) is 35.4 Å². The summed E-state index contributed by atoms with van der Waals surface area (Å²) in [6.07, 6.45) is 0.850. The Labute approximate surface area is 138 Å². The highest BCUT2D eigenvalue weighted by Gasteiger charge is 2.17. The molecule has 2 heterocycles. The molecule has 0 aliphatic carbocycles. The zero-order valence-corrected chi connectivity index (χ0v) is 13.7. The van der Waals surface area contributed by atoms with Gasteiger partial charge in [-0.3, -0.25) is 9.59 Å². The number of hydrogen-bond acceptors (Lipinski definition) is 3. The number of carbonyl (C=O) groups excluding carboxylic acids is 1. The number of hydrogen-bond donors (Lipinski definition) is 1.